The number of alkyl halides is 3. The molecule has 3 aromatic rings. The first kappa shape index (κ1) is 17.7. The molecular formula is C21H16F3NO. The van der Waals surface area contributed by atoms with E-state index in [2.05, 4.69) is 5.32 Å². The normalized spacial score (nSPS) is 11.2. The first-order chi connectivity index (χ1) is 12.4. The average molecular weight is 355 g/mol. The van der Waals surface area contributed by atoms with Gasteiger partial charge in [-0.05, 0) is 41.0 Å². The van der Waals surface area contributed by atoms with Gasteiger partial charge in [-0.15, -0.1) is 0 Å². The fourth-order valence-electron chi connectivity index (χ4n) is 2.54. The van der Waals surface area contributed by atoms with Gasteiger partial charge in [-0.25, -0.2) is 0 Å². The van der Waals surface area contributed by atoms with Crippen molar-refractivity contribution in [3.8, 4) is 11.1 Å². The summed E-state index contributed by atoms with van der Waals surface area (Å²) in [6.45, 7) is 0.164. The third-order valence-electron chi connectivity index (χ3n) is 3.99. The number of halogens is 3. The molecule has 0 saturated heterocycles. The van der Waals surface area contributed by atoms with E-state index in [9.17, 15) is 18.0 Å². The monoisotopic (exact) mass is 355 g/mol. The quantitative estimate of drug-likeness (QED) is 0.676. The summed E-state index contributed by atoms with van der Waals surface area (Å²) in [6.07, 6.45) is -4.36. The molecule has 0 heterocycles. The summed E-state index contributed by atoms with van der Waals surface area (Å²) >= 11 is 0. The Morgan fingerprint density at radius 1 is 0.769 bits per heavy atom. The van der Waals surface area contributed by atoms with E-state index in [1.807, 2.05) is 42.5 Å². The van der Waals surface area contributed by atoms with E-state index in [4.69, 9.17) is 0 Å². The zero-order valence-electron chi connectivity index (χ0n) is 13.8. The molecule has 0 aliphatic rings. The number of benzene rings is 3. The Labute approximate surface area is 149 Å². The Hall–Kier alpha value is -3.08. The van der Waals surface area contributed by atoms with E-state index in [1.54, 1.807) is 12.1 Å². The molecule has 5 heteroatoms. The first-order valence-corrected chi connectivity index (χ1v) is 8.03. The molecule has 3 aromatic carbocycles. The molecule has 1 N–H and O–H groups in total. The fraction of sp³-hybridized carbons (Fsp3) is 0.0952. The molecule has 2 nitrogen and oxygen atoms in total. The van der Waals surface area contributed by atoms with E-state index >= 15 is 0 Å². The van der Waals surface area contributed by atoms with Gasteiger partial charge in [-0.3, -0.25) is 4.79 Å². The fourth-order valence-corrected chi connectivity index (χ4v) is 2.54. The van der Waals surface area contributed by atoms with Crippen LogP contribution in [0.1, 0.15) is 21.5 Å². The van der Waals surface area contributed by atoms with Crippen LogP contribution in [0.2, 0.25) is 0 Å². The van der Waals surface area contributed by atoms with Crippen LogP contribution in [0.15, 0.2) is 78.9 Å². The lowest BCUT2D eigenvalue weighted by Gasteiger charge is -2.09. The number of carbonyl (C=O) groups is 1. The van der Waals surface area contributed by atoms with Gasteiger partial charge in [0.05, 0.1) is 5.56 Å². The maximum atomic E-state index is 12.5. The molecule has 0 radical (unpaired) electrons. The van der Waals surface area contributed by atoms with Gasteiger partial charge in [-0.2, -0.15) is 13.2 Å². The van der Waals surface area contributed by atoms with Crippen LogP contribution in [0.3, 0.4) is 0 Å². The van der Waals surface area contributed by atoms with Crippen molar-refractivity contribution in [1.29, 1.82) is 0 Å². The van der Waals surface area contributed by atoms with Gasteiger partial charge in [0.15, 0.2) is 0 Å². The molecule has 0 fully saturated rings. The molecule has 1 amide bonds. The second-order valence-corrected chi connectivity index (χ2v) is 5.82. The summed E-state index contributed by atoms with van der Waals surface area (Å²) in [5, 5.41) is 2.71. The lowest BCUT2D eigenvalue weighted by atomic mass is 10.0. The van der Waals surface area contributed by atoms with Gasteiger partial charge < -0.3 is 5.32 Å². The van der Waals surface area contributed by atoms with Crippen molar-refractivity contribution in [2.75, 3.05) is 0 Å². The zero-order chi connectivity index (χ0) is 18.6. The predicted molar refractivity (Wildman–Crippen MR) is 94.5 cm³/mol. The molecule has 0 aliphatic carbocycles. The van der Waals surface area contributed by atoms with Gasteiger partial charge in [-0.1, -0.05) is 54.6 Å². The van der Waals surface area contributed by atoms with Gasteiger partial charge in [0.2, 0.25) is 0 Å². The number of hydrogen-bond acceptors (Lipinski definition) is 1. The number of hydrogen-bond donors (Lipinski definition) is 1. The van der Waals surface area contributed by atoms with Crippen LogP contribution in [0, 0.1) is 0 Å². The molecule has 132 valence electrons. The molecule has 0 spiro atoms. The molecular weight excluding hydrogens is 339 g/mol. The highest BCUT2D eigenvalue weighted by Gasteiger charge is 2.29. The van der Waals surface area contributed by atoms with Crippen molar-refractivity contribution in [2.45, 2.75) is 12.7 Å². The average Bonchev–Trinajstić information content (AvgIpc) is 2.66. The maximum absolute atomic E-state index is 12.5. The van der Waals surface area contributed by atoms with Gasteiger partial charge in [0, 0.05) is 12.1 Å². The van der Waals surface area contributed by atoms with Crippen LogP contribution < -0.4 is 5.32 Å². The van der Waals surface area contributed by atoms with Crippen molar-refractivity contribution in [2.24, 2.45) is 0 Å². The van der Waals surface area contributed by atoms with E-state index in [-0.39, 0.29) is 12.5 Å². The molecule has 0 aliphatic heterocycles. The summed E-state index contributed by atoms with van der Waals surface area (Å²) in [7, 11) is 0. The van der Waals surface area contributed by atoms with Gasteiger partial charge in [0.25, 0.3) is 5.91 Å². The highest BCUT2D eigenvalue weighted by molar-refractivity contribution is 5.94. The first-order valence-electron chi connectivity index (χ1n) is 8.03. The minimum absolute atomic E-state index is 0.164. The van der Waals surface area contributed by atoms with Crippen molar-refractivity contribution >= 4 is 5.91 Å². The summed E-state index contributed by atoms with van der Waals surface area (Å²) in [5.74, 6) is -0.274. The van der Waals surface area contributed by atoms with Crippen LogP contribution in [0.5, 0.6) is 0 Å². The lowest BCUT2D eigenvalue weighted by molar-refractivity contribution is -0.137. The number of carbonyl (C=O) groups excluding carboxylic acids is 1. The molecule has 0 unspecified atom stereocenters. The summed E-state index contributed by atoms with van der Waals surface area (Å²) in [5.41, 5.74) is 2.46. The Balaban J connectivity index is 1.61. The number of amides is 1. The van der Waals surface area contributed by atoms with Crippen molar-refractivity contribution in [3.63, 3.8) is 0 Å². The standard InChI is InChI=1S/C21H16F3NO/c22-21(23,24)19-12-6-15(7-13-19)14-25-20(26)18-10-8-17(9-11-18)16-4-2-1-3-5-16/h1-13H,14H2,(H,25,26). The third kappa shape index (κ3) is 4.30. The molecule has 0 saturated carbocycles. The van der Waals surface area contributed by atoms with Crippen LogP contribution in [-0.4, -0.2) is 5.91 Å². The van der Waals surface area contributed by atoms with Crippen molar-refractivity contribution < 1.29 is 18.0 Å². The van der Waals surface area contributed by atoms with Crippen molar-refractivity contribution in [1.82, 2.24) is 5.32 Å². The van der Waals surface area contributed by atoms with E-state index in [1.165, 1.54) is 12.1 Å². The number of nitrogens with one attached hydrogen (secondary N) is 1. The lowest BCUT2D eigenvalue weighted by Crippen LogP contribution is -2.22. The summed E-state index contributed by atoms with van der Waals surface area (Å²) in [6, 6.07) is 21.7. The highest BCUT2D eigenvalue weighted by atomic mass is 19.4. The Bertz CT molecular complexity index is 870. The number of rotatable bonds is 4. The van der Waals surface area contributed by atoms with Crippen LogP contribution >= 0.6 is 0 Å². The van der Waals surface area contributed by atoms with Crippen molar-refractivity contribution in [3.05, 3.63) is 95.6 Å². The van der Waals surface area contributed by atoms with E-state index < -0.39 is 11.7 Å². The van der Waals surface area contributed by atoms with Crippen LogP contribution in [-0.2, 0) is 12.7 Å². The SMILES string of the molecule is O=C(NCc1ccc(C(F)(F)F)cc1)c1ccc(-c2ccccc2)cc1. The van der Waals surface area contributed by atoms with Crippen LogP contribution in [0.4, 0.5) is 13.2 Å². The van der Waals surface area contributed by atoms with Crippen LogP contribution in [0.25, 0.3) is 11.1 Å². The molecule has 3 rings (SSSR count). The summed E-state index contributed by atoms with van der Waals surface area (Å²) in [4.78, 5) is 12.2. The van der Waals surface area contributed by atoms with Gasteiger partial charge >= 0.3 is 6.18 Å². The van der Waals surface area contributed by atoms with E-state index in [0.29, 0.717) is 11.1 Å². The molecule has 0 aromatic heterocycles. The minimum Gasteiger partial charge on any atom is -0.348 e. The minimum atomic E-state index is -4.36. The van der Waals surface area contributed by atoms with Gasteiger partial charge in [0.1, 0.15) is 0 Å². The smallest absolute Gasteiger partial charge is 0.348 e. The summed E-state index contributed by atoms with van der Waals surface area (Å²) < 4.78 is 37.6. The largest absolute Gasteiger partial charge is 0.416 e. The zero-order valence-corrected chi connectivity index (χ0v) is 13.8. The predicted octanol–water partition coefficient (Wildman–Crippen LogP) is 5.30. The third-order valence-corrected chi connectivity index (χ3v) is 3.99. The van der Waals surface area contributed by atoms with E-state index in [0.717, 1.165) is 23.3 Å². The maximum Gasteiger partial charge on any atom is 0.416 e. The second-order valence-electron chi connectivity index (χ2n) is 5.82. The Kier molecular flexibility index (Phi) is 5.07. The Morgan fingerprint density at radius 3 is 1.92 bits per heavy atom. The molecule has 26 heavy (non-hydrogen) atoms. The molecule has 0 atom stereocenters. The second kappa shape index (κ2) is 7.44. The topological polar surface area (TPSA) is 29.1 Å². The molecule has 0 bridgehead atoms. The Morgan fingerprint density at radius 2 is 1.35 bits per heavy atom. The highest BCUT2D eigenvalue weighted by Crippen LogP contribution is 2.29.